The molecule has 156 valence electrons. The molecule has 1 atom stereocenters. The van der Waals surface area contributed by atoms with Gasteiger partial charge in [-0.2, -0.15) is 5.10 Å². The zero-order valence-electron chi connectivity index (χ0n) is 15.5. The molecule has 3 aromatic rings. The first-order chi connectivity index (χ1) is 14.3. The van der Waals surface area contributed by atoms with Gasteiger partial charge in [0, 0.05) is 30.9 Å². The van der Waals surface area contributed by atoms with E-state index in [1.54, 1.807) is 12.4 Å². The number of carbonyl (C=O) groups excluding carboxylic acids is 2. The van der Waals surface area contributed by atoms with Gasteiger partial charge in [-0.3, -0.25) is 9.59 Å². The topological polar surface area (TPSA) is 120 Å². The fourth-order valence-electron chi connectivity index (χ4n) is 3.48. The Kier molecular flexibility index (Phi) is 5.40. The summed E-state index contributed by atoms with van der Waals surface area (Å²) in [6.45, 7) is 0.553. The van der Waals surface area contributed by atoms with Crippen LogP contribution in [-0.4, -0.2) is 54.1 Å². The maximum absolute atomic E-state index is 12.9. The van der Waals surface area contributed by atoms with Crippen LogP contribution in [0, 0.1) is 0 Å². The third-order valence-electron chi connectivity index (χ3n) is 4.96. The molecule has 1 aromatic carbocycles. The van der Waals surface area contributed by atoms with Gasteiger partial charge in [-0.15, -0.1) is 0 Å². The van der Waals surface area contributed by atoms with Crippen molar-refractivity contribution in [2.75, 3.05) is 6.54 Å². The molecule has 3 heterocycles. The van der Waals surface area contributed by atoms with Crippen LogP contribution in [0.1, 0.15) is 28.8 Å². The molecule has 2 aromatic heterocycles. The number of nitrogens with zero attached hydrogens (tertiary/aromatic N) is 4. The number of aromatic hydroxyl groups is 2. The number of rotatable bonds is 4. The highest BCUT2D eigenvalue weighted by atomic mass is 35.5. The van der Waals surface area contributed by atoms with Gasteiger partial charge in [0.05, 0.1) is 28.0 Å². The average Bonchev–Trinajstić information content (AvgIpc) is 3.35. The Morgan fingerprint density at radius 1 is 1.20 bits per heavy atom. The fourth-order valence-corrected chi connectivity index (χ4v) is 3.79. The van der Waals surface area contributed by atoms with Crippen molar-refractivity contribution in [1.82, 2.24) is 24.8 Å². The number of halogens is 2. The zero-order valence-corrected chi connectivity index (χ0v) is 17.1. The van der Waals surface area contributed by atoms with Gasteiger partial charge >= 0.3 is 0 Å². The van der Waals surface area contributed by atoms with Crippen molar-refractivity contribution in [3.63, 3.8) is 0 Å². The van der Waals surface area contributed by atoms with E-state index in [4.69, 9.17) is 23.2 Å². The molecule has 1 fully saturated rings. The van der Waals surface area contributed by atoms with E-state index in [1.807, 2.05) is 0 Å². The van der Waals surface area contributed by atoms with E-state index in [1.165, 1.54) is 21.7 Å². The summed E-state index contributed by atoms with van der Waals surface area (Å²) in [4.78, 5) is 31.3. The van der Waals surface area contributed by atoms with Gasteiger partial charge in [-0.25, -0.2) is 9.50 Å². The van der Waals surface area contributed by atoms with E-state index in [9.17, 15) is 19.8 Å². The maximum Gasteiger partial charge on any atom is 0.258 e. The number of amides is 2. The average molecular weight is 450 g/mol. The molecular weight excluding hydrogens is 433 g/mol. The lowest BCUT2D eigenvalue weighted by Crippen LogP contribution is -2.45. The molecule has 11 heteroatoms. The molecule has 0 radical (unpaired) electrons. The van der Waals surface area contributed by atoms with Gasteiger partial charge in [0.2, 0.25) is 5.91 Å². The Morgan fingerprint density at radius 3 is 2.80 bits per heavy atom. The number of fused-ring (bicyclic) bond motifs is 1. The highest BCUT2D eigenvalue weighted by Gasteiger charge is 2.35. The minimum Gasteiger partial charge on any atom is -0.507 e. The van der Waals surface area contributed by atoms with Crippen LogP contribution in [-0.2, 0) is 11.3 Å². The van der Waals surface area contributed by atoms with E-state index in [2.05, 4.69) is 15.4 Å². The van der Waals surface area contributed by atoms with Crippen LogP contribution in [0.25, 0.3) is 5.65 Å². The number of nitrogens with one attached hydrogen (secondary N) is 1. The SMILES string of the molecule is O=C(NCc1cnn2cc(Cl)cnc12)[C@@H]1CCCN1C(=O)c1cc(Cl)c(O)cc1O. The summed E-state index contributed by atoms with van der Waals surface area (Å²) in [6.07, 6.45) is 5.84. The smallest absolute Gasteiger partial charge is 0.258 e. The standard InChI is InChI=1S/C19H17Cl2N5O4/c20-11-8-22-17-10(7-24-26(17)9-11)6-23-18(29)14-2-1-3-25(14)19(30)12-4-13(21)16(28)5-15(12)27/h4-5,7-9,14,27-28H,1-3,6H2,(H,23,29)/t14-/m0/s1. The molecule has 0 spiro atoms. The summed E-state index contributed by atoms with van der Waals surface area (Å²) in [6, 6.07) is 1.51. The number of aromatic nitrogens is 3. The van der Waals surface area contributed by atoms with E-state index in [0.29, 0.717) is 35.6 Å². The Morgan fingerprint density at radius 2 is 2.00 bits per heavy atom. The number of hydrogen-bond donors (Lipinski definition) is 3. The molecule has 4 rings (SSSR count). The van der Waals surface area contributed by atoms with Gasteiger partial charge in [0.1, 0.15) is 17.5 Å². The second kappa shape index (κ2) is 8.00. The lowest BCUT2D eigenvalue weighted by Gasteiger charge is -2.24. The predicted molar refractivity (Wildman–Crippen MR) is 109 cm³/mol. The van der Waals surface area contributed by atoms with Gasteiger partial charge in [0.15, 0.2) is 5.65 Å². The monoisotopic (exact) mass is 449 g/mol. The molecule has 0 saturated carbocycles. The summed E-state index contributed by atoms with van der Waals surface area (Å²) in [5.74, 6) is -1.58. The highest BCUT2D eigenvalue weighted by Crippen LogP contribution is 2.33. The lowest BCUT2D eigenvalue weighted by atomic mass is 10.1. The minimum atomic E-state index is -0.686. The van der Waals surface area contributed by atoms with Crippen molar-refractivity contribution in [2.45, 2.75) is 25.4 Å². The van der Waals surface area contributed by atoms with Crippen LogP contribution < -0.4 is 5.32 Å². The van der Waals surface area contributed by atoms with E-state index < -0.39 is 17.7 Å². The molecule has 3 N–H and O–H groups in total. The van der Waals surface area contributed by atoms with E-state index in [0.717, 1.165) is 6.07 Å². The van der Waals surface area contributed by atoms with E-state index in [-0.39, 0.29) is 28.8 Å². The van der Waals surface area contributed by atoms with Gasteiger partial charge in [-0.1, -0.05) is 23.2 Å². The number of hydrogen-bond acceptors (Lipinski definition) is 6. The Bertz CT molecular complexity index is 1150. The first-order valence-electron chi connectivity index (χ1n) is 9.13. The summed E-state index contributed by atoms with van der Waals surface area (Å²) in [7, 11) is 0. The molecule has 1 saturated heterocycles. The van der Waals surface area contributed by atoms with Crippen molar-refractivity contribution < 1.29 is 19.8 Å². The normalized spacial score (nSPS) is 16.2. The minimum absolute atomic E-state index is 0.0583. The molecule has 0 aliphatic carbocycles. The predicted octanol–water partition coefficient (Wildman–Crippen LogP) is 2.37. The largest absolute Gasteiger partial charge is 0.507 e. The Balaban J connectivity index is 1.48. The number of benzene rings is 1. The zero-order chi connectivity index (χ0) is 21.4. The van der Waals surface area contributed by atoms with Crippen LogP contribution >= 0.6 is 23.2 Å². The number of phenols is 2. The third kappa shape index (κ3) is 3.73. The number of phenolic OH excluding ortho intramolecular Hbond substituents is 2. The highest BCUT2D eigenvalue weighted by molar-refractivity contribution is 6.32. The van der Waals surface area contributed by atoms with Crippen molar-refractivity contribution in [1.29, 1.82) is 0 Å². The quantitative estimate of drug-likeness (QED) is 0.562. The molecule has 30 heavy (non-hydrogen) atoms. The lowest BCUT2D eigenvalue weighted by molar-refractivity contribution is -0.125. The Hall–Kier alpha value is -3.04. The molecule has 1 aliphatic rings. The summed E-state index contributed by atoms with van der Waals surface area (Å²) >= 11 is 11.8. The van der Waals surface area contributed by atoms with E-state index >= 15 is 0 Å². The molecule has 2 amide bonds. The van der Waals surface area contributed by atoms with Crippen LogP contribution in [0.15, 0.2) is 30.7 Å². The fraction of sp³-hybridized carbons (Fsp3) is 0.263. The van der Waals surface area contributed by atoms with Crippen LogP contribution in [0.2, 0.25) is 10.0 Å². The second-order valence-electron chi connectivity index (χ2n) is 6.91. The number of carbonyl (C=O) groups is 2. The maximum atomic E-state index is 12.9. The van der Waals surface area contributed by atoms with Gasteiger partial charge in [-0.05, 0) is 18.9 Å². The van der Waals surface area contributed by atoms with Crippen LogP contribution in [0.3, 0.4) is 0 Å². The third-order valence-corrected chi connectivity index (χ3v) is 5.46. The first-order valence-corrected chi connectivity index (χ1v) is 9.88. The van der Waals surface area contributed by atoms with Gasteiger partial charge in [0.25, 0.3) is 5.91 Å². The number of likely N-dealkylation sites (tertiary alicyclic amines) is 1. The second-order valence-corrected chi connectivity index (χ2v) is 7.75. The molecule has 0 unspecified atom stereocenters. The molecular formula is C19H17Cl2N5O4. The van der Waals surface area contributed by atoms with Crippen molar-refractivity contribution >= 4 is 40.7 Å². The summed E-state index contributed by atoms with van der Waals surface area (Å²) in [5, 5.41) is 26.9. The van der Waals surface area contributed by atoms with Crippen molar-refractivity contribution in [2.24, 2.45) is 0 Å². The van der Waals surface area contributed by atoms with Crippen LogP contribution in [0.4, 0.5) is 0 Å². The van der Waals surface area contributed by atoms with Crippen molar-refractivity contribution in [3.8, 4) is 11.5 Å². The van der Waals surface area contributed by atoms with Crippen molar-refractivity contribution in [3.05, 3.63) is 51.9 Å². The summed E-state index contributed by atoms with van der Waals surface area (Å²) in [5.41, 5.74) is 1.21. The van der Waals surface area contributed by atoms with Gasteiger partial charge < -0.3 is 20.4 Å². The molecule has 1 aliphatic heterocycles. The molecule has 0 bridgehead atoms. The Labute approximate surface area is 180 Å². The molecule has 9 nitrogen and oxygen atoms in total. The summed E-state index contributed by atoms with van der Waals surface area (Å²) < 4.78 is 1.52. The van der Waals surface area contributed by atoms with Crippen LogP contribution in [0.5, 0.6) is 11.5 Å². The first kappa shape index (κ1) is 20.2.